The van der Waals surface area contributed by atoms with Gasteiger partial charge in [-0.05, 0) is 107 Å². The second kappa shape index (κ2) is 16.8. The van der Waals surface area contributed by atoms with Crippen molar-refractivity contribution in [2.45, 2.75) is 37.0 Å². The van der Waals surface area contributed by atoms with Crippen LogP contribution >= 0.6 is 0 Å². The van der Waals surface area contributed by atoms with Crippen LogP contribution in [0.2, 0.25) is 0 Å². The molecule has 9 aromatic carbocycles. The third kappa shape index (κ3) is 7.27. The standard InChI is InChI=1S/C60H51N/c1-58(46-22-10-4-11-23-46,47-24-12-5-13-25-47)52-34-40-55(41-35-52)61(56-42-36-53(37-43-56)59(2,48-26-14-6-15-27-48)49-28-16-7-17-29-49)57-44-38-54(39-45-57)60(3,50-30-18-8-19-31-50)51-32-20-9-21-33-51/h4-45H,1-3H3. The number of hydrogen-bond donors (Lipinski definition) is 0. The molecule has 0 aliphatic heterocycles. The lowest BCUT2D eigenvalue weighted by Crippen LogP contribution is -2.26. The number of anilines is 3. The first-order valence-corrected chi connectivity index (χ1v) is 21.3. The van der Waals surface area contributed by atoms with E-state index in [9.17, 15) is 0 Å². The number of rotatable bonds is 12. The average molecular weight is 786 g/mol. The summed E-state index contributed by atoms with van der Waals surface area (Å²) in [4.78, 5) is 2.39. The van der Waals surface area contributed by atoms with Gasteiger partial charge >= 0.3 is 0 Å². The van der Waals surface area contributed by atoms with Crippen LogP contribution in [0.4, 0.5) is 17.1 Å². The van der Waals surface area contributed by atoms with E-state index in [1.165, 1.54) is 50.1 Å². The zero-order chi connectivity index (χ0) is 41.7. The van der Waals surface area contributed by atoms with Crippen LogP contribution in [0.1, 0.15) is 70.8 Å². The van der Waals surface area contributed by atoms with Gasteiger partial charge in [0.15, 0.2) is 0 Å². The molecule has 296 valence electrons. The summed E-state index contributed by atoms with van der Waals surface area (Å²) in [6, 6.07) is 92.8. The van der Waals surface area contributed by atoms with Crippen LogP contribution in [0.25, 0.3) is 0 Å². The molecule has 0 unspecified atom stereocenters. The van der Waals surface area contributed by atoms with Gasteiger partial charge in [0, 0.05) is 33.3 Å². The number of benzene rings is 9. The third-order valence-corrected chi connectivity index (χ3v) is 13.2. The first-order valence-electron chi connectivity index (χ1n) is 21.3. The van der Waals surface area contributed by atoms with Gasteiger partial charge in [-0.25, -0.2) is 0 Å². The fourth-order valence-corrected chi connectivity index (χ4v) is 9.41. The van der Waals surface area contributed by atoms with Gasteiger partial charge in [0.25, 0.3) is 0 Å². The van der Waals surface area contributed by atoms with E-state index in [0.29, 0.717) is 0 Å². The van der Waals surface area contributed by atoms with Crippen molar-refractivity contribution in [1.82, 2.24) is 0 Å². The molecule has 0 amide bonds. The largest absolute Gasteiger partial charge is 0.311 e. The smallest absolute Gasteiger partial charge is 0.0461 e. The predicted molar refractivity (Wildman–Crippen MR) is 256 cm³/mol. The van der Waals surface area contributed by atoms with Gasteiger partial charge in [0.1, 0.15) is 0 Å². The van der Waals surface area contributed by atoms with E-state index in [1.807, 2.05) is 0 Å². The van der Waals surface area contributed by atoms with E-state index in [0.717, 1.165) is 17.1 Å². The summed E-state index contributed by atoms with van der Waals surface area (Å²) >= 11 is 0. The van der Waals surface area contributed by atoms with Crippen molar-refractivity contribution in [3.05, 3.63) is 305 Å². The Kier molecular flexibility index (Phi) is 10.8. The molecule has 0 heterocycles. The average Bonchev–Trinajstić information content (AvgIpc) is 3.35. The van der Waals surface area contributed by atoms with Gasteiger partial charge in [-0.2, -0.15) is 0 Å². The monoisotopic (exact) mass is 785 g/mol. The number of nitrogens with zero attached hydrogens (tertiary/aromatic N) is 1. The topological polar surface area (TPSA) is 3.24 Å². The van der Waals surface area contributed by atoms with Gasteiger partial charge < -0.3 is 4.90 Å². The predicted octanol–water partition coefficient (Wildman–Crippen LogP) is 15.2. The van der Waals surface area contributed by atoms with Crippen molar-refractivity contribution in [1.29, 1.82) is 0 Å². The molecule has 0 saturated carbocycles. The van der Waals surface area contributed by atoms with Crippen LogP contribution in [0, 0.1) is 0 Å². The fraction of sp³-hybridized carbons (Fsp3) is 0.100. The minimum atomic E-state index is -0.339. The van der Waals surface area contributed by atoms with Crippen molar-refractivity contribution < 1.29 is 0 Å². The molecular formula is C60H51N. The molecule has 9 rings (SSSR count). The summed E-state index contributed by atoms with van der Waals surface area (Å²) in [6.07, 6.45) is 0. The molecule has 1 heteroatoms. The normalized spacial score (nSPS) is 11.9. The first kappa shape index (κ1) is 39.3. The van der Waals surface area contributed by atoms with Gasteiger partial charge in [0.2, 0.25) is 0 Å². The van der Waals surface area contributed by atoms with Crippen LogP contribution in [0.3, 0.4) is 0 Å². The van der Waals surface area contributed by atoms with Crippen molar-refractivity contribution in [3.63, 3.8) is 0 Å². The highest BCUT2D eigenvalue weighted by Crippen LogP contribution is 2.45. The molecule has 9 aromatic rings. The van der Waals surface area contributed by atoms with Crippen LogP contribution in [0.5, 0.6) is 0 Å². The zero-order valence-corrected chi connectivity index (χ0v) is 35.2. The Bertz CT molecular complexity index is 2330. The van der Waals surface area contributed by atoms with Crippen LogP contribution in [-0.4, -0.2) is 0 Å². The SMILES string of the molecule is CC(c1ccccc1)(c1ccccc1)c1ccc(N(c2ccc(C(C)(c3ccccc3)c3ccccc3)cc2)c2ccc(C(C)(c3ccccc3)c3ccccc3)cc2)cc1. The second-order valence-corrected chi connectivity index (χ2v) is 16.5. The van der Waals surface area contributed by atoms with Gasteiger partial charge in [-0.15, -0.1) is 0 Å². The van der Waals surface area contributed by atoms with E-state index < -0.39 is 0 Å². The maximum atomic E-state index is 2.39. The summed E-state index contributed by atoms with van der Waals surface area (Å²) in [5.41, 5.74) is 13.5. The van der Waals surface area contributed by atoms with Crippen molar-refractivity contribution in [2.24, 2.45) is 0 Å². The van der Waals surface area contributed by atoms with E-state index in [-0.39, 0.29) is 16.2 Å². The first-order chi connectivity index (χ1) is 29.9. The molecule has 0 N–H and O–H groups in total. The highest BCUT2D eigenvalue weighted by atomic mass is 15.1. The molecule has 0 aliphatic rings. The minimum absolute atomic E-state index is 0.339. The molecule has 0 bridgehead atoms. The molecule has 0 aromatic heterocycles. The molecule has 0 spiro atoms. The Balaban J connectivity index is 1.17. The maximum Gasteiger partial charge on any atom is 0.0461 e. The van der Waals surface area contributed by atoms with Crippen molar-refractivity contribution >= 4 is 17.1 Å². The Morgan fingerprint density at radius 3 is 0.508 bits per heavy atom. The van der Waals surface area contributed by atoms with Crippen LogP contribution in [0.15, 0.2) is 255 Å². The maximum absolute atomic E-state index is 2.39. The molecule has 0 saturated heterocycles. The Labute approximate surface area is 362 Å². The van der Waals surface area contributed by atoms with Crippen LogP contribution < -0.4 is 4.90 Å². The van der Waals surface area contributed by atoms with E-state index >= 15 is 0 Å². The molecule has 0 atom stereocenters. The lowest BCUT2D eigenvalue weighted by molar-refractivity contribution is 0.692. The summed E-state index contributed by atoms with van der Waals surface area (Å²) in [6.45, 7) is 7.03. The van der Waals surface area contributed by atoms with Gasteiger partial charge in [0.05, 0.1) is 0 Å². The second-order valence-electron chi connectivity index (χ2n) is 16.5. The van der Waals surface area contributed by atoms with Crippen LogP contribution in [-0.2, 0) is 16.2 Å². The summed E-state index contributed by atoms with van der Waals surface area (Å²) in [5, 5.41) is 0. The van der Waals surface area contributed by atoms with Gasteiger partial charge in [-0.3, -0.25) is 0 Å². The van der Waals surface area contributed by atoms with Crippen molar-refractivity contribution in [3.8, 4) is 0 Å². The molecule has 0 fully saturated rings. The Morgan fingerprint density at radius 2 is 0.344 bits per heavy atom. The minimum Gasteiger partial charge on any atom is -0.311 e. The fourth-order valence-electron chi connectivity index (χ4n) is 9.41. The van der Waals surface area contributed by atoms with E-state index in [4.69, 9.17) is 0 Å². The highest BCUT2D eigenvalue weighted by Gasteiger charge is 2.34. The lowest BCUT2D eigenvalue weighted by atomic mass is 9.71. The van der Waals surface area contributed by atoms with Gasteiger partial charge in [-0.1, -0.05) is 218 Å². The number of hydrogen-bond acceptors (Lipinski definition) is 1. The summed E-state index contributed by atoms with van der Waals surface area (Å²) in [5.74, 6) is 0. The van der Waals surface area contributed by atoms with E-state index in [1.54, 1.807) is 0 Å². The summed E-state index contributed by atoms with van der Waals surface area (Å²) in [7, 11) is 0. The molecule has 1 nitrogen and oxygen atoms in total. The highest BCUT2D eigenvalue weighted by molar-refractivity contribution is 5.77. The molecule has 61 heavy (non-hydrogen) atoms. The zero-order valence-electron chi connectivity index (χ0n) is 35.2. The Hall–Kier alpha value is -7.22. The van der Waals surface area contributed by atoms with E-state index in [2.05, 4.69) is 280 Å². The lowest BCUT2D eigenvalue weighted by Gasteiger charge is -2.34. The molecule has 0 aliphatic carbocycles. The molecular weight excluding hydrogens is 735 g/mol. The quantitative estimate of drug-likeness (QED) is 0.112. The van der Waals surface area contributed by atoms with Crippen molar-refractivity contribution in [2.75, 3.05) is 4.90 Å². The Morgan fingerprint density at radius 1 is 0.197 bits per heavy atom. The molecule has 0 radical (unpaired) electrons. The summed E-state index contributed by atoms with van der Waals surface area (Å²) < 4.78 is 0. The third-order valence-electron chi connectivity index (χ3n) is 13.2.